The topological polar surface area (TPSA) is 26.3 Å². The average Bonchev–Trinajstić information content (AvgIpc) is 2.54. The minimum absolute atomic E-state index is 0.117. The highest BCUT2D eigenvalue weighted by atomic mass is 16.5. The van der Waals surface area contributed by atoms with Crippen LogP contribution < -0.4 is 0 Å². The molecular formula is C10H9O2. The number of benzene rings is 1. The zero-order valence-corrected chi connectivity index (χ0v) is 6.62. The van der Waals surface area contributed by atoms with Crippen molar-refractivity contribution in [1.29, 1.82) is 0 Å². The summed E-state index contributed by atoms with van der Waals surface area (Å²) in [6.07, 6.45) is 0.448. The quantitative estimate of drug-likeness (QED) is 0.584. The third-order valence-corrected chi connectivity index (χ3v) is 1.95. The molecule has 0 aliphatic carbocycles. The predicted molar refractivity (Wildman–Crippen MR) is 44.4 cm³/mol. The van der Waals surface area contributed by atoms with Crippen molar-refractivity contribution in [2.45, 2.75) is 6.42 Å². The number of rotatable bonds is 1. The molecule has 2 nitrogen and oxygen atoms in total. The Morgan fingerprint density at radius 3 is 2.50 bits per heavy atom. The second-order valence-corrected chi connectivity index (χ2v) is 2.81. The summed E-state index contributed by atoms with van der Waals surface area (Å²) in [5, 5.41) is 0. The minimum Gasteiger partial charge on any atom is -0.465 e. The van der Waals surface area contributed by atoms with Gasteiger partial charge in [-0.3, -0.25) is 4.79 Å². The van der Waals surface area contributed by atoms with Crippen molar-refractivity contribution in [2.24, 2.45) is 0 Å². The largest absolute Gasteiger partial charge is 0.465 e. The Labute approximate surface area is 71.2 Å². The maximum atomic E-state index is 10.8. The number of hydrogen-bond donors (Lipinski definition) is 0. The Hall–Kier alpha value is -1.31. The van der Waals surface area contributed by atoms with E-state index in [-0.39, 0.29) is 5.97 Å². The van der Waals surface area contributed by atoms with E-state index in [0.717, 1.165) is 11.5 Å². The van der Waals surface area contributed by atoms with Gasteiger partial charge in [0, 0.05) is 0 Å². The molecule has 0 saturated carbocycles. The summed E-state index contributed by atoms with van der Waals surface area (Å²) in [6, 6.07) is 9.88. The van der Waals surface area contributed by atoms with Crippen LogP contribution in [0.1, 0.15) is 12.0 Å². The van der Waals surface area contributed by atoms with E-state index >= 15 is 0 Å². The molecular weight excluding hydrogens is 152 g/mol. The third-order valence-electron chi connectivity index (χ3n) is 1.95. The molecule has 1 fully saturated rings. The molecule has 2 rings (SSSR count). The smallest absolute Gasteiger partial charge is 0.306 e. The number of ether oxygens (including phenoxy) is 1. The van der Waals surface area contributed by atoms with E-state index in [0.29, 0.717) is 13.0 Å². The van der Waals surface area contributed by atoms with Gasteiger partial charge in [-0.25, -0.2) is 0 Å². The number of carbonyl (C=O) groups is 1. The molecule has 1 aliphatic heterocycles. The molecule has 1 aromatic carbocycles. The summed E-state index contributed by atoms with van der Waals surface area (Å²) < 4.78 is 4.84. The van der Waals surface area contributed by atoms with Gasteiger partial charge in [0.1, 0.15) is 6.61 Å². The van der Waals surface area contributed by atoms with Gasteiger partial charge >= 0.3 is 5.97 Å². The Kier molecular flexibility index (Phi) is 1.82. The summed E-state index contributed by atoms with van der Waals surface area (Å²) in [5.41, 5.74) is 1.11. The van der Waals surface area contributed by atoms with Gasteiger partial charge in [-0.2, -0.15) is 0 Å². The standard InChI is InChI=1S/C10H9O2/c11-10-6-9(7-12-10)8-4-2-1-3-5-8/h1-5H,6-7H2. The van der Waals surface area contributed by atoms with E-state index in [1.54, 1.807) is 0 Å². The second-order valence-electron chi connectivity index (χ2n) is 2.81. The lowest BCUT2D eigenvalue weighted by Crippen LogP contribution is -1.97. The Morgan fingerprint density at radius 2 is 1.92 bits per heavy atom. The molecule has 1 aliphatic rings. The van der Waals surface area contributed by atoms with Crippen molar-refractivity contribution in [1.82, 2.24) is 0 Å². The fourth-order valence-corrected chi connectivity index (χ4v) is 1.30. The van der Waals surface area contributed by atoms with E-state index in [1.807, 2.05) is 30.3 Å². The van der Waals surface area contributed by atoms with Crippen molar-refractivity contribution in [3.63, 3.8) is 0 Å². The first-order chi connectivity index (χ1) is 5.86. The highest BCUT2D eigenvalue weighted by Gasteiger charge is 2.25. The van der Waals surface area contributed by atoms with Gasteiger partial charge in [-0.15, -0.1) is 0 Å². The molecule has 0 unspecified atom stereocenters. The molecule has 1 heterocycles. The maximum absolute atomic E-state index is 10.8. The lowest BCUT2D eigenvalue weighted by molar-refractivity contribution is -0.137. The first-order valence-corrected chi connectivity index (χ1v) is 3.92. The molecule has 0 aromatic heterocycles. The van der Waals surface area contributed by atoms with Crippen LogP contribution in [0.25, 0.3) is 0 Å². The van der Waals surface area contributed by atoms with Crippen LogP contribution in [0.3, 0.4) is 0 Å². The van der Waals surface area contributed by atoms with E-state index in [9.17, 15) is 4.79 Å². The normalized spacial score (nSPS) is 17.8. The van der Waals surface area contributed by atoms with E-state index in [2.05, 4.69) is 0 Å². The average molecular weight is 161 g/mol. The number of hydrogen-bond acceptors (Lipinski definition) is 2. The predicted octanol–water partition coefficient (Wildman–Crippen LogP) is 1.56. The van der Waals surface area contributed by atoms with Crippen molar-refractivity contribution < 1.29 is 9.53 Å². The van der Waals surface area contributed by atoms with Crippen LogP contribution in [0.5, 0.6) is 0 Å². The molecule has 0 N–H and O–H groups in total. The van der Waals surface area contributed by atoms with Gasteiger partial charge in [0.15, 0.2) is 0 Å². The summed E-state index contributed by atoms with van der Waals surface area (Å²) >= 11 is 0. The molecule has 61 valence electrons. The van der Waals surface area contributed by atoms with Crippen molar-refractivity contribution in [3.05, 3.63) is 41.8 Å². The van der Waals surface area contributed by atoms with Gasteiger partial charge in [-0.1, -0.05) is 30.3 Å². The number of carbonyl (C=O) groups excluding carboxylic acids is 1. The number of esters is 1. The number of cyclic esters (lactones) is 1. The Bertz CT molecular complexity index is 279. The monoisotopic (exact) mass is 161 g/mol. The molecule has 1 saturated heterocycles. The van der Waals surface area contributed by atoms with Crippen LogP contribution in [0.15, 0.2) is 30.3 Å². The molecule has 0 spiro atoms. The molecule has 0 bridgehead atoms. The van der Waals surface area contributed by atoms with E-state index in [4.69, 9.17) is 4.74 Å². The van der Waals surface area contributed by atoms with Crippen molar-refractivity contribution in [3.8, 4) is 0 Å². The van der Waals surface area contributed by atoms with Gasteiger partial charge < -0.3 is 4.74 Å². The molecule has 1 radical (unpaired) electrons. The van der Waals surface area contributed by atoms with Crippen molar-refractivity contribution in [2.75, 3.05) is 6.61 Å². The van der Waals surface area contributed by atoms with Gasteiger partial charge in [0.05, 0.1) is 12.3 Å². The van der Waals surface area contributed by atoms with Gasteiger partial charge in [0.25, 0.3) is 0 Å². The lowest BCUT2D eigenvalue weighted by Gasteiger charge is -2.03. The summed E-state index contributed by atoms with van der Waals surface area (Å²) in [7, 11) is 0. The lowest BCUT2D eigenvalue weighted by atomic mass is 9.99. The highest BCUT2D eigenvalue weighted by molar-refractivity contribution is 5.76. The Morgan fingerprint density at radius 1 is 1.17 bits per heavy atom. The van der Waals surface area contributed by atoms with Crippen LogP contribution in [0, 0.1) is 5.92 Å². The minimum atomic E-state index is -0.117. The van der Waals surface area contributed by atoms with Gasteiger partial charge in [0.2, 0.25) is 0 Å². The summed E-state index contributed by atoms with van der Waals surface area (Å²) in [4.78, 5) is 10.8. The Balaban J connectivity index is 2.16. The highest BCUT2D eigenvalue weighted by Crippen LogP contribution is 2.24. The fourth-order valence-electron chi connectivity index (χ4n) is 1.30. The first kappa shape index (κ1) is 7.35. The first-order valence-electron chi connectivity index (χ1n) is 3.92. The molecule has 0 atom stereocenters. The molecule has 0 amide bonds. The zero-order valence-electron chi connectivity index (χ0n) is 6.62. The summed E-state index contributed by atoms with van der Waals surface area (Å²) in [6.45, 7) is 0.461. The third kappa shape index (κ3) is 1.33. The van der Waals surface area contributed by atoms with Crippen LogP contribution in [0.2, 0.25) is 0 Å². The second kappa shape index (κ2) is 2.97. The SMILES string of the molecule is O=C1C[C](c2ccccc2)CO1. The van der Waals surface area contributed by atoms with Gasteiger partial charge in [-0.05, 0) is 5.56 Å². The van der Waals surface area contributed by atoms with E-state index in [1.165, 1.54) is 0 Å². The molecule has 1 aromatic rings. The van der Waals surface area contributed by atoms with Crippen LogP contribution in [-0.2, 0) is 9.53 Å². The van der Waals surface area contributed by atoms with Crippen LogP contribution in [-0.4, -0.2) is 12.6 Å². The maximum Gasteiger partial charge on any atom is 0.306 e. The van der Waals surface area contributed by atoms with Crippen LogP contribution in [0.4, 0.5) is 0 Å². The van der Waals surface area contributed by atoms with Crippen molar-refractivity contribution >= 4 is 5.97 Å². The fraction of sp³-hybridized carbons (Fsp3) is 0.200. The summed E-state index contributed by atoms with van der Waals surface area (Å²) in [5.74, 6) is 0.967. The van der Waals surface area contributed by atoms with Crippen LogP contribution >= 0.6 is 0 Å². The van der Waals surface area contributed by atoms with E-state index < -0.39 is 0 Å². The zero-order chi connectivity index (χ0) is 8.39. The molecule has 12 heavy (non-hydrogen) atoms. The molecule has 2 heteroatoms.